The Balaban J connectivity index is 1.74. The van der Waals surface area contributed by atoms with Crippen LogP contribution in [0.1, 0.15) is 24.0 Å². The number of carbonyl (C=O) groups excluding carboxylic acids is 2. The highest BCUT2D eigenvalue weighted by Crippen LogP contribution is 2.34. The maximum absolute atomic E-state index is 13.1. The van der Waals surface area contributed by atoms with E-state index in [1.165, 1.54) is 4.90 Å². The number of halogens is 1. The van der Waals surface area contributed by atoms with Crippen molar-refractivity contribution in [3.05, 3.63) is 70.6 Å². The van der Waals surface area contributed by atoms with Crippen LogP contribution >= 0.6 is 11.6 Å². The number of benzene rings is 1. The fourth-order valence-corrected chi connectivity index (χ4v) is 3.61. The summed E-state index contributed by atoms with van der Waals surface area (Å²) in [7, 11) is 0. The Morgan fingerprint density at radius 1 is 0.923 bits per heavy atom. The molecule has 0 saturated carbocycles. The fourth-order valence-electron chi connectivity index (χ4n) is 3.49. The highest BCUT2D eigenvalue weighted by atomic mass is 35.5. The van der Waals surface area contributed by atoms with Crippen LogP contribution in [0.15, 0.2) is 54.5 Å². The van der Waals surface area contributed by atoms with Gasteiger partial charge in [-0.3, -0.25) is 19.5 Å². The van der Waals surface area contributed by atoms with E-state index < -0.39 is 0 Å². The number of imide groups is 1. The average Bonchev–Trinajstić information content (AvgIpc) is 3.26. The summed E-state index contributed by atoms with van der Waals surface area (Å²) in [5.41, 5.74) is 2.60. The quantitative estimate of drug-likeness (QED) is 0.779. The number of likely N-dealkylation sites (tertiary alicyclic amines) is 1. The molecular weight excluding hydrogens is 350 g/mol. The average molecular weight is 368 g/mol. The van der Waals surface area contributed by atoms with Crippen LogP contribution in [0.4, 0.5) is 0 Å². The minimum absolute atomic E-state index is 0.223. The van der Waals surface area contributed by atoms with Gasteiger partial charge in [0.05, 0.1) is 12.1 Å². The topological polar surface area (TPSA) is 53.5 Å². The van der Waals surface area contributed by atoms with Crippen molar-refractivity contribution < 1.29 is 9.59 Å². The largest absolute Gasteiger partial charge is 0.366 e. The molecule has 1 aromatic heterocycles. The number of hydrogen-bond donors (Lipinski definition) is 0. The Morgan fingerprint density at radius 3 is 2.23 bits per heavy atom. The summed E-state index contributed by atoms with van der Waals surface area (Å²) in [6, 6.07) is 10.7. The van der Waals surface area contributed by atoms with E-state index in [0.717, 1.165) is 37.1 Å². The Morgan fingerprint density at radius 2 is 1.58 bits per heavy atom. The lowest BCUT2D eigenvalue weighted by Crippen LogP contribution is -2.34. The van der Waals surface area contributed by atoms with Crippen molar-refractivity contribution in [1.29, 1.82) is 0 Å². The number of amides is 2. The molecule has 0 unspecified atom stereocenters. The number of nitrogens with zero attached hydrogens (tertiary/aromatic N) is 3. The van der Waals surface area contributed by atoms with Crippen LogP contribution in [0.25, 0.3) is 5.57 Å². The van der Waals surface area contributed by atoms with Crippen molar-refractivity contribution >= 4 is 29.0 Å². The minimum atomic E-state index is -0.254. The molecule has 132 valence electrons. The van der Waals surface area contributed by atoms with Gasteiger partial charge in [0.2, 0.25) is 0 Å². The summed E-state index contributed by atoms with van der Waals surface area (Å²) < 4.78 is 0. The second-order valence-corrected chi connectivity index (χ2v) is 6.91. The second-order valence-electron chi connectivity index (χ2n) is 6.48. The van der Waals surface area contributed by atoms with Crippen molar-refractivity contribution in [1.82, 2.24) is 14.8 Å². The van der Waals surface area contributed by atoms with E-state index >= 15 is 0 Å². The van der Waals surface area contributed by atoms with Crippen LogP contribution in [0.5, 0.6) is 0 Å². The van der Waals surface area contributed by atoms with Gasteiger partial charge in [0.15, 0.2) is 0 Å². The van der Waals surface area contributed by atoms with Crippen molar-refractivity contribution in [2.75, 3.05) is 13.1 Å². The lowest BCUT2D eigenvalue weighted by atomic mass is 10.0. The highest BCUT2D eigenvalue weighted by molar-refractivity contribution is 6.35. The summed E-state index contributed by atoms with van der Waals surface area (Å²) in [6.45, 7) is 1.84. The van der Waals surface area contributed by atoms with E-state index in [4.69, 9.17) is 11.6 Å². The van der Waals surface area contributed by atoms with E-state index in [-0.39, 0.29) is 18.4 Å². The molecule has 6 heteroatoms. The molecule has 0 aliphatic carbocycles. The van der Waals surface area contributed by atoms with Crippen LogP contribution in [0, 0.1) is 0 Å². The highest BCUT2D eigenvalue weighted by Gasteiger charge is 2.41. The molecule has 1 fully saturated rings. The molecule has 2 aromatic rings. The van der Waals surface area contributed by atoms with Crippen LogP contribution in [-0.4, -0.2) is 39.7 Å². The van der Waals surface area contributed by atoms with Gasteiger partial charge in [-0.25, -0.2) is 0 Å². The minimum Gasteiger partial charge on any atom is -0.366 e. The van der Waals surface area contributed by atoms with E-state index in [9.17, 15) is 9.59 Å². The van der Waals surface area contributed by atoms with Gasteiger partial charge in [0, 0.05) is 30.5 Å². The van der Waals surface area contributed by atoms with Gasteiger partial charge >= 0.3 is 0 Å². The molecule has 5 nitrogen and oxygen atoms in total. The number of hydrogen-bond acceptors (Lipinski definition) is 4. The second kappa shape index (κ2) is 6.92. The zero-order valence-corrected chi connectivity index (χ0v) is 14.9. The first kappa shape index (κ1) is 16.8. The Bertz CT molecular complexity index is 872. The predicted molar refractivity (Wildman–Crippen MR) is 99.0 cm³/mol. The predicted octanol–water partition coefficient (Wildman–Crippen LogP) is 3.11. The van der Waals surface area contributed by atoms with Crippen LogP contribution < -0.4 is 0 Å². The van der Waals surface area contributed by atoms with Crippen molar-refractivity contribution in [3.63, 3.8) is 0 Å². The normalized spacial score (nSPS) is 17.6. The van der Waals surface area contributed by atoms with E-state index in [1.54, 1.807) is 36.7 Å². The van der Waals surface area contributed by atoms with Gasteiger partial charge in [0.25, 0.3) is 11.8 Å². The molecule has 2 amide bonds. The molecular formula is C20H18ClN3O2. The van der Waals surface area contributed by atoms with E-state index in [1.807, 2.05) is 17.0 Å². The molecule has 1 aromatic carbocycles. The van der Waals surface area contributed by atoms with Gasteiger partial charge < -0.3 is 4.90 Å². The summed E-state index contributed by atoms with van der Waals surface area (Å²) in [4.78, 5) is 33.6. The molecule has 0 bridgehead atoms. The molecule has 0 spiro atoms. The molecule has 4 rings (SSSR count). The van der Waals surface area contributed by atoms with E-state index in [2.05, 4.69) is 4.98 Å². The van der Waals surface area contributed by atoms with Crippen molar-refractivity contribution in [3.8, 4) is 0 Å². The van der Waals surface area contributed by atoms with Gasteiger partial charge in [-0.05, 0) is 48.2 Å². The third-order valence-electron chi connectivity index (χ3n) is 4.79. The van der Waals surface area contributed by atoms with Gasteiger partial charge in [-0.2, -0.15) is 0 Å². The molecule has 0 atom stereocenters. The van der Waals surface area contributed by atoms with Gasteiger partial charge in [-0.15, -0.1) is 0 Å². The smallest absolute Gasteiger partial charge is 0.278 e. The summed E-state index contributed by atoms with van der Waals surface area (Å²) in [6.07, 6.45) is 5.39. The SMILES string of the molecule is O=C1C(c2ccc(Cl)cc2)=C(N2CCCC2)C(=O)N1Cc1ccncc1. The lowest BCUT2D eigenvalue weighted by Gasteiger charge is -2.20. The van der Waals surface area contributed by atoms with Gasteiger partial charge in [0.1, 0.15) is 5.70 Å². The lowest BCUT2D eigenvalue weighted by molar-refractivity contribution is -0.138. The fraction of sp³-hybridized carbons (Fsp3) is 0.250. The molecule has 0 radical (unpaired) electrons. The molecule has 1 saturated heterocycles. The molecule has 2 aliphatic rings. The van der Waals surface area contributed by atoms with Crippen LogP contribution in [-0.2, 0) is 16.1 Å². The summed E-state index contributed by atoms with van der Waals surface area (Å²) in [5, 5.41) is 0.600. The first-order valence-corrected chi connectivity index (χ1v) is 9.03. The monoisotopic (exact) mass is 367 g/mol. The van der Waals surface area contributed by atoms with E-state index in [0.29, 0.717) is 16.3 Å². The zero-order valence-electron chi connectivity index (χ0n) is 14.2. The Labute approximate surface area is 156 Å². The van der Waals surface area contributed by atoms with Crippen molar-refractivity contribution in [2.24, 2.45) is 0 Å². The Kier molecular flexibility index (Phi) is 4.47. The first-order valence-electron chi connectivity index (χ1n) is 8.65. The molecule has 3 heterocycles. The molecule has 2 aliphatic heterocycles. The Hall–Kier alpha value is -2.66. The summed E-state index contributed by atoms with van der Waals surface area (Å²) >= 11 is 5.99. The number of pyridine rings is 1. The summed E-state index contributed by atoms with van der Waals surface area (Å²) in [5.74, 6) is -0.477. The number of rotatable bonds is 4. The van der Waals surface area contributed by atoms with Crippen molar-refractivity contribution in [2.45, 2.75) is 19.4 Å². The third kappa shape index (κ3) is 2.99. The third-order valence-corrected chi connectivity index (χ3v) is 5.04. The molecule has 0 N–H and O–H groups in total. The van der Waals surface area contributed by atoms with Crippen LogP contribution in [0.2, 0.25) is 5.02 Å². The first-order chi connectivity index (χ1) is 12.6. The van der Waals surface area contributed by atoms with Crippen LogP contribution in [0.3, 0.4) is 0 Å². The maximum Gasteiger partial charge on any atom is 0.278 e. The number of aromatic nitrogens is 1. The molecule has 26 heavy (non-hydrogen) atoms. The zero-order chi connectivity index (χ0) is 18.1. The number of carbonyl (C=O) groups is 2. The standard InChI is InChI=1S/C20H18ClN3O2/c21-16-5-3-15(4-6-16)17-18(23-11-1-2-12-23)20(26)24(19(17)25)13-14-7-9-22-10-8-14/h3-10H,1-2,11-13H2. The van der Waals surface area contributed by atoms with Gasteiger partial charge in [-0.1, -0.05) is 23.7 Å². The maximum atomic E-state index is 13.1.